The van der Waals surface area contributed by atoms with Gasteiger partial charge in [0.05, 0.1) is 12.1 Å². The maximum atomic E-state index is 13.5. The number of amidine groups is 1. The van der Waals surface area contributed by atoms with Gasteiger partial charge in [0.25, 0.3) is 11.5 Å². The van der Waals surface area contributed by atoms with Crippen LogP contribution >= 0.6 is 0 Å². The van der Waals surface area contributed by atoms with Gasteiger partial charge in [0.2, 0.25) is 5.88 Å². The molecule has 4 rings (SSSR count). The normalized spacial score (nSPS) is 28.2. The molecule has 0 unspecified atom stereocenters. The lowest BCUT2D eigenvalue weighted by Gasteiger charge is -2.55. The third-order valence-electron chi connectivity index (χ3n) is 8.08. The predicted octanol–water partition coefficient (Wildman–Crippen LogP) is 0.808. The van der Waals surface area contributed by atoms with E-state index in [1.165, 1.54) is 16.2 Å². The van der Waals surface area contributed by atoms with Crippen molar-refractivity contribution < 1.29 is 19.8 Å². The first-order valence-electron chi connectivity index (χ1n) is 13.0. The zero-order chi connectivity index (χ0) is 27.3. The Labute approximate surface area is 215 Å². The van der Waals surface area contributed by atoms with E-state index in [9.17, 15) is 29.4 Å². The van der Waals surface area contributed by atoms with Crippen LogP contribution in [-0.2, 0) is 11.3 Å². The number of aromatic nitrogens is 2. The van der Waals surface area contributed by atoms with Crippen molar-refractivity contribution in [3.8, 4) is 5.88 Å². The Kier molecular flexibility index (Phi) is 6.76. The average molecular weight is 519 g/mol. The number of aromatic hydroxyl groups is 1. The lowest BCUT2D eigenvalue weighted by atomic mass is 9.51. The number of hydrogen-bond donors (Lipinski definition) is 4. The molecule has 2 aliphatic carbocycles. The standard InChI is InChI=1S/C25H38N6O6/c1-5-6-11-30-18(32)16(17(26)27-14-23(2,3)37)19(33)31(22(30)36)15-7-9-24(10-8-15)12-25(13-24)20(34)29(4)21(35)28-25/h15,32,37H,5-14H2,1-4H3,(H2,26,27)(H,28,35). The molecular formula is C25H38N6O6. The van der Waals surface area contributed by atoms with Crippen molar-refractivity contribution in [2.45, 2.75) is 95.9 Å². The molecule has 12 nitrogen and oxygen atoms in total. The molecule has 1 aliphatic heterocycles. The Morgan fingerprint density at radius 2 is 1.81 bits per heavy atom. The van der Waals surface area contributed by atoms with E-state index in [2.05, 4.69) is 10.3 Å². The van der Waals surface area contributed by atoms with Crippen LogP contribution in [0, 0.1) is 5.41 Å². The molecule has 3 aliphatic rings. The first-order chi connectivity index (χ1) is 17.2. The topological polar surface area (TPSA) is 172 Å². The predicted molar refractivity (Wildman–Crippen MR) is 137 cm³/mol. The monoisotopic (exact) mass is 518 g/mol. The van der Waals surface area contributed by atoms with Gasteiger partial charge in [-0.3, -0.25) is 28.6 Å². The smallest absolute Gasteiger partial charge is 0.334 e. The van der Waals surface area contributed by atoms with Crippen LogP contribution in [0.25, 0.3) is 0 Å². The van der Waals surface area contributed by atoms with E-state index in [0.29, 0.717) is 44.9 Å². The largest absolute Gasteiger partial charge is 0.494 e. The highest BCUT2D eigenvalue weighted by atomic mass is 16.3. The van der Waals surface area contributed by atoms with Gasteiger partial charge in [0.1, 0.15) is 16.9 Å². The summed E-state index contributed by atoms with van der Waals surface area (Å²) in [6.45, 7) is 5.20. The number of hydrogen-bond acceptors (Lipinski definition) is 7. The second-order valence-corrected chi connectivity index (χ2v) is 11.6. The third kappa shape index (κ3) is 4.67. The van der Waals surface area contributed by atoms with E-state index in [4.69, 9.17) is 5.73 Å². The minimum atomic E-state index is -1.16. The summed E-state index contributed by atoms with van der Waals surface area (Å²) in [7, 11) is 1.48. The number of carbonyl (C=O) groups excluding carboxylic acids is 2. The van der Waals surface area contributed by atoms with Crippen molar-refractivity contribution in [1.29, 1.82) is 0 Å². The molecule has 0 aromatic carbocycles. The first-order valence-corrected chi connectivity index (χ1v) is 13.0. The van der Waals surface area contributed by atoms with Crippen LogP contribution in [-0.4, -0.2) is 66.8 Å². The van der Waals surface area contributed by atoms with Crippen LogP contribution in [0.5, 0.6) is 5.88 Å². The molecule has 1 aromatic heterocycles. The summed E-state index contributed by atoms with van der Waals surface area (Å²) >= 11 is 0. The van der Waals surface area contributed by atoms with E-state index in [0.717, 1.165) is 11.3 Å². The van der Waals surface area contributed by atoms with E-state index in [1.54, 1.807) is 13.8 Å². The van der Waals surface area contributed by atoms with Crippen molar-refractivity contribution in [3.05, 3.63) is 26.4 Å². The third-order valence-corrected chi connectivity index (χ3v) is 8.08. The lowest BCUT2D eigenvalue weighted by molar-refractivity contribution is -0.141. The van der Waals surface area contributed by atoms with Crippen molar-refractivity contribution in [2.75, 3.05) is 13.6 Å². The zero-order valence-electron chi connectivity index (χ0n) is 22.0. The molecule has 0 atom stereocenters. The first kappa shape index (κ1) is 26.9. The number of carbonyl (C=O) groups is 2. The number of aliphatic imine (C=N–C) groups is 1. The molecule has 12 heteroatoms. The molecular weight excluding hydrogens is 480 g/mol. The fourth-order valence-corrected chi connectivity index (χ4v) is 6.13. The number of urea groups is 1. The fraction of sp³-hybridized carbons (Fsp3) is 0.720. The van der Waals surface area contributed by atoms with E-state index in [1.807, 2.05) is 6.92 Å². The van der Waals surface area contributed by atoms with Crippen LogP contribution in [0.3, 0.4) is 0 Å². The Bertz CT molecular complexity index is 1240. The van der Waals surface area contributed by atoms with Crippen LogP contribution < -0.4 is 22.3 Å². The van der Waals surface area contributed by atoms with Gasteiger partial charge in [0, 0.05) is 19.6 Å². The second kappa shape index (κ2) is 9.30. The number of amides is 3. The van der Waals surface area contributed by atoms with Gasteiger partial charge in [0.15, 0.2) is 0 Å². The quantitative estimate of drug-likeness (QED) is 0.235. The van der Waals surface area contributed by atoms with Crippen molar-refractivity contribution in [2.24, 2.45) is 16.1 Å². The second-order valence-electron chi connectivity index (χ2n) is 11.6. The SMILES string of the molecule is CCCCn1c(O)c(C(N)=NCC(C)(C)O)c(=O)n(C2CCC3(CC2)CC2(C3)NC(=O)N(C)C2=O)c1=O. The van der Waals surface area contributed by atoms with Crippen LogP contribution in [0.4, 0.5) is 4.79 Å². The average Bonchev–Trinajstić information content (AvgIpc) is 3.02. The molecule has 1 saturated heterocycles. The number of rotatable bonds is 7. The molecule has 2 heterocycles. The highest BCUT2D eigenvalue weighted by Gasteiger charge is 2.64. The summed E-state index contributed by atoms with van der Waals surface area (Å²) in [4.78, 5) is 56.7. The van der Waals surface area contributed by atoms with Crippen LogP contribution in [0.2, 0.25) is 0 Å². The van der Waals surface area contributed by atoms with Crippen molar-refractivity contribution >= 4 is 17.8 Å². The molecule has 204 valence electrons. The van der Waals surface area contributed by atoms with Gasteiger partial charge in [-0.2, -0.15) is 0 Å². The highest BCUT2D eigenvalue weighted by molar-refractivity contribution is 6.07. The maximum Gasteiger partial charge on any atom is 0.334 e. The van der Waals surface area contributed by atoms with E-state index in [-0.39, 0.29) is 41.8 Å². The lowest BCUT2D eigenvalue weighted by Crippen LogP contribution is -2.63. The minimum Gasteiger partial charge on any atom is -0.494 e. The number of imide groups is 1. The van der Waals surface area contributed by atoms with E-state index < -0.39 is 34.3 Å². The molecule has 5 N–H and O–H groups in total. The van der Waals surface area contributed by atoms with Crippen molar-refractivity contribution in [3.63, 3.8) is 0 Å². The number of unbranched alkanes of at least 4 members (excludes halogenated alkanes) is 1. The Hall–Kier alpha value is -3.15. The van der Waals surface area contributed by atoms with Crippen LogP contribution in [0.15, 0.2) is 14.6 Å². The minimum absolute atomic E-state index is 0.0794. The number of nitrogens with zero attached hydrogens (tertiary/aromatic N) is 4. The number of nitrogens with one attached hydrogen (secondary N) is 1. The van der Waals surface area contributed by atoms with Crippen molar-refractivity contribution in [1.82, 2.24) is 19.4 Å². The molecule has 2 saturated carbocycles. The molecule has 3 fully saturated rings. The molecule has 1 aromatic rings. The molecule has 2 spiro atoms. The van der Waals surface area contributed by atoms with Gasteiger partial charge >= 0.3 is 11.7 Å². The van der Waals surface area contributed by atoms with Gasteiger partial charge in [-0.1, -0.05) is 13.3 Å². The van der Waals surface area contributed by atoms with Gasteiger partial charge in [-0.05, 0) is 64.2 Å². The van der Waals surface area contributed by atoms with Gasteiger partial charge in [-0.25, -0.2) is 9.59 Å². The molecule has 3 amide bonds. The Morgan fingerprint density at radius 3 is 2.32 bits per heavy atom. The molecule has 0 radical (unpaired) electrons. The molecule has 0 bridgehead atoms. The zero-order valence-corrected chi connectivity index (χ0v) is 22.0. The summed E-state index contributed by atoms with van der Waals surface area (Å²) in [5.41, 5.74) is 2.47. The van der Waals surface area contributed by atoms with Gasteiger partial charge < -0.3 is 21.3 Å². The summed E-state index contributed by atoms with van der Waals surface area (Å²) in [6.07, 6.45) is 4.99. The summed E-state index contributed by atoms with van der Waals surface area (Å²) in [5, 5.41) is 23.7. The number of nitrogens with two attached hydrogens (primary N) is 1. The summed E-state index contributed by atoms with van der Waals surface area (Å²) in [6, 6.07) is -0.777. The molecule has 37 heavy (non-hydrogen) atoms. The summed E-state index contributed by atoms with van der Waals surface area (Å²) in [5.74, 6) is -0.940. The summed E-state index contributed by atoms with van der Waals surface area (Å²) < 4.78 is 2.37. The van der Waals surface area contributed by atoms with Gasteiger partial charge in [-0.15, -0.1) is 0 Å². The Morgan fingerprint density at radius 1 is 1.19 bits per heavy atom. The van der Waals surface area contributed by atoms with E-state index >= 15 is 0 Å². The van der Waals surface area contributed by atoms with Crippen LogP contribution in [0.1, 0.15) is 83.7 Å². The number of likely N-dealkylation sites (N-methyl/N-ethyl adjacent to an activating group) is 1. The highest BCUT2D eigenvalue weighted by Crippen LogP contribution is 2.59. The maximum absolute atomic E-state index is 13.5. The fourth-order valence-electron chi connectivity index (χ4n) is 6.13. The Balaban J connectivity index is 1.62. The number of aliphatic hydroxyl groups is 1.